The summed E-state index contributed by atoms with van der Waals surface area (Å²) in [4.78, 5) is 11.8. The van der Waals surface area contributed by atoms with E-state index in [0.717, 1.165) is 17.0 Å². The third kappa shape index (κ3) is 3.05. The number of aryl methyl sites for hydroxylation is 1. The van der Waals surface area contributed by atoms with Crippen molar-refractivity contribution in [1.82, 2.24) is 9.78 Å². The fourth-order valence-corrected chi connectivity index (χ4v) is 1.93. The van der Waals surface area contributed by atoms with E-state index in [-0.39, 0.29) is 18.2 Å². The Labute approximate surface area is 118 Å². The summed E-state index contributed by atoms with van der Waals surface area (Å²) in [5, 5.41) is 4.25. The number of nitrogens with two attached hydrogens (primary N) is 1. The van der Waals surface area contributed by atoms with Crippen molar-refractivity contribution in [2.24, 2.45) is 12.8 Å². The Kier molecular flexibility index (Phi) is 4.20. The first-order valence-corrected chi connectivity index (χ1v) is 6.55. The second-order valence-electron chi connectivity index (χ2n) is 4.88. The molecule has 1 heterocycles. The van der Waals surface area contributed by atoms with E-state index in [2.05, 4.69) is 5.10 Å². The Hall–Kier alpha value is -2.14. The fourth-order valence-electron chi connectivity index (χ4n) is 1.93. The van der Waals surface area contributed by atoms with Crippen LogP contribution in [0.25, 0.3) is 11.3 Å². The predicted octanol–water partition coefficient (Wildman–Crippen LogP) is 1.69. The number of hydrogen-bond donors (Lipinski definition) is 1. The van der Waals surface area contributed by atoms with Gasteiger partial charge in [0.25, 0.3) is 5.56 Å². The van der Waals surface area contributed by atoms with Gasteiger partial charge in [0.2, 0.25) is 0 Å². The van der Waals surface area contributed by atoms with Gasteiger partial charge in [0.15, 0.2) is 0 Å². The van der Waals surface area contributed by atoms with E-state index in [0.29, 0.717) is 5.56 Å². The summed E-state index contributed by atoms with van der Waals surface area (Å²) in [5.74, 6) is 0.813. The first-order chi connectivity index (χ1) is 9.51. The molecule has 0 aliphatic rings. The molecule has 0 amide bonds. The van der Waals surface area contributed by atoms with Gasteiger partial charge >= 0.3 is 0 Å². The first-order valence-electron chi connectivity index (χ1n) is 6.55. The van der Waals surface area contributed by atoms with Crippen LogP contribution in [0.15, 0.2) is 35.1 Å². The SMILES string of the molecule is CC(C)Oc1ccc(-c2cc(CN)c(=O)n(C)n2)cc1. The molecule has 20 heavy (non-hydrogen) atoms. The Morgan fingerprint density at radius 2 is 1.95 bits per heavy atom. The molecule has 0 aliphatic heterocycles. The first kappa shape index (κ1) is 14.3. The second kappa shape index (κ2) is 5.88. The quantitative estimate of drug-likeness (QED) is 0.920. The normalized spacial score (nSPS) is 10.8. The maximum atomic E-state index is 11.8. The molecule has 2 aromatic rings. The number of nitrogens with zero attached hydrogens (tertiary/aromatic N) is 2. The second-order valence-corrected chi connectivity index (χ2v) is 4.88. The van der Waals surface area contributed by atoms with Crippen molar-refractivity contribution >= 4 is 0 Å². The van der Waals surface area contributed by atoms with Gasteiger partial charge in [-0.25, -0.2) is 4.68 Å². The van der Waals surface area contributed by atoms with Gasteiger partial charge in [0, 0.05) is 24.7 Å². The average Bonchev–Trinajstić information content (AvgIpc) is 2.42. The molecule has 0 saturated heterocycles. The van der Waals surface area contributed by atoms with Crippen LogP contribution in [0, 0.1) is 0 Å². The zero-order valence-electron chi connectivity index (χ0n) is 12.0. The summed E-state index contributed by atoms with van der Waals surface area (Å²) in [6.07, 6.45) is 0.139. The van der Waals surface area contributed by atoms with Crippen molar-refractivity contribution < 1.29 is 4.74 Å². The Morgan fingerprint density at radius 1 is 1.30 bits per heavy atom. The third-order valence-electron chi connectivity index (χ3n) is 2.88. The highest BCUT2D eigenvalue weighted by Gasteiger charge is 2.07. The van der Waals surface area contributed by atoms with Crippen molar-refractivity contribution in [3.05, 3.63) is 46.2 Å². The molecular weight excluding hydrogens is 254 g/mol. The summed E-state index contributed by atoms with van der Waals surface area (Å²) in [6, 6.07) is 9.37. The van der Waals surface area contributed by atoms with Crippen LogP contribution in [0.3, 0.4) is 0 Å². The van der Waals surface area contributed by atoms with Crippen LogP contribution in [0.1, 0.15) is 19.4 Å². The van der Waals surface area contributed by atoms with E-state index in [4.69, 9.17) is 10.5 Å². The van der Waals surface area contributed by atoms with E-state index >= 15 is 0 Å². The Balaban J connectivity index is 2.37. The summed E-state index contributed by atoms with van der Waals surface area (Å²) >= 11 is 0. The molecule has 5 heteroatoms. The lowest BCUT2D eigenvalue weighted by Crippen LogP contribution is -2.25. The van der Waals surface area contributed by atoms with Gasteiger partial charge in [-0.05, 0) is 44.2 Å². The molecule has 2 rings (SSSR count). The highest BCUT2D eigenvalue weighted by molar-refractivity contribution is 5.60. The van der Waals surface area contributed by atoms with Crippen molar-refractivity contribution in [1.29, 1.82) is 0 Å². The molecule has 1 aromatic carbocycles. The fraction of sp³-hybridized carbons (Fsp3) is 0.333. The van der Waals surface area contributed by atoms with E-state index in [9.17, 15) is 4.79 Å². The molecule has 0 radical (unpaired) electrons. The lowest BCUT2D eigenvalue weighted by atomic mass is 10.1. The lowest BCUT2D eigenvalue weighted by molar-refractivity contribution is 0.242. The molecule has 106 valence electrons. The van der Waals surface area contributed by atoms with Gasteiger partial charge in [0.1, 0.15) is 5.75 Å². The molecule has 0 spiro atoms. The largest absolute Gasteiger partial charge is 0.491 e. The summed E-state index contributed by atoms with van der Waals surface area (Å²) in [6.45, 7) is 4.17. The Bertz CT molecular complexity index is 645. The smallest absolute Gasteiger partial charge is 0.271 e. The molecule has 0 bridgehead atoms. The standard InChI is InChI=1S/C15H19N3O2/c1-10(2)20-13-6-4-11(5-7-13)14-8-12(9-16)15(19)18(3)17-14/h4-8,10H,9,16H2,1-3H3. The van der Waals surface area contributed by atoms with Gasteiger partial charge in [-0.1, -0.05) is 0 Å². The number of ether oxygens (including phenoxy) is 1. The lowest BCUT2D eigenvalue weighted by Gasteiger charge is -2.10. The number of hydrogen-bond acceptors (Lipinski definition) is 4. The van der Waals surface area contributed by atoms with Gasteiger partial charge in [-0.2, -0.15) is 5.10 Å². The number of aromatic nitrogens is 2. The number of rotatable bonds is 4. The van der Waals surface area contributed by atoms with E-state index in [1.165, 1.54) is 4.68 Å². The van der Waals surface area contributed by atoms with Crippen molar-refractivity contribution in [3.8, 4) is 17.0 Å². The topological polar surface area (TPSA) is 70.1 Å². The molecule has 0 fully saturated rings. The minimum absolute atomic E-state index is 0.139. The molecule has 2 N–H and O–H groups in total. The maximum absolute atomic E-state index is 11.8. The molecular formula is C15H19N3O2. The molecule has 0 atom stereocenters. The van der Waals surface area contributed by atoms with Crippen LogP contribution < -0.4 is 16.0 Å². The van der Waals surface area contributed by atoms with Crippen molar-refractivity contribution in [2.75, 3.05) is 0 Å². The van der Waals surface area contributed by atoms with Crippen LogP contribution >= 0.6 is 0 Å². The van der Waals surface area contributed by atoms with Crippen molar-refractivity contribution in [2.45, 2.75) is 26.5 Å². The third-order valence-corrected chi connectivity index (χ3v) is 2.88. The predicted molar refractivity (Wildman–Crippen MR) is 78.6 cm³/mol. The Morgan fingerprint density at radius 3 is 2.50 bits per heavy atom. The van der Waals surface area contributed by atoms with Crippen LogP contribution in [-0.2, 0) is 13.6 Å². The molecule has 0 unspecified atom stereocenters. The highest BCUT2D eigenvalue weighted by atomic mass is 16.5. The minimum Gasteiger partial charge on any atom is -0.491 e. The van der Waals surface area contributed by atoms with Crippen molar-refractivity contribution in [3.63, 3.8) is 0 Å². The average molecular weight is 273 g/mol. The molecule has 5 nitrogen and oxygen atoms in total. The summed E-state index contributed by atoms with van der Waals surface area (Å²) in [5.41, 5.74) is 7.63. The monoisotopic (exact) mass is 273 g/mol. The van der Waals surface area contributed by atoms with Gasteiger partial charge in [-0.3, -0.25) is 4.79 Å². The highest BCUT2D eigenvalue weighted by Crippen LogP contribution is 2.21. The van der Waals surface area contributed by atoms with Crippen LogP contribution in [0.2, 0.25) is 0 Å². The van der Waals surface area contributed by atoms with Gasteiger partial charge in [-0.15, -0.1) is 0 Å². The summed E-state index contributed by atoms with van der Waals surface area (Å²) in [7, 11) is 1.63. The zero-order valence-corrected chi connectivity index (χ0v) is 12.0. The maximum Gasteiger partial charge on any atom is 0.271 e. The summed E-state index contributed by atoms with van der Waals surface area (Å²) < 4.78 is 6.91. The van der Waals surface area contributed by atoms with Gasteiger partial charge < -0.3 is 10.5 Å². The van der Waals surface area contributed by atoms with Crippen LogP contribution in [-0.4, -0.2) is 15.9 Å². The molecule has 0 aliphatic carbocycles. The van der Waals surface area contributed by atoms with Crippen LogP contribution in [0.5, 0.6) is 5.75 Å². The minimum atomic E-state index is -0.156. The zero-order chi connectivity index (χ0) is 14.7. The molecule has 1 aromatic heterocycles. The number of benzene rings is 1. The van der Waals surface area contributed by atoms with Crippen LogP contribution in [0.4, 0.5) is 0 Å². The molecule has 0 saturated carbocycles. The van der Waals surface area contributed by atoms with E-state index in [1.807, 2.05) is 38.1 Å². The van der Waals surface area contributed by atoms with E-state index < -0.39 is 0 Å². The van der Waals surface area contributed by atoms with Gasteiger partial charge in [0.05, 0.1) is 11.8 Å². The van der Waals surface area contributed by atoms with E-state index in [1.54, 1.807) is 13.1 Å².